The predicted octanol–water partition coefficient (Wildman–Crippen LogP) is 5.12. The Bertz CT molecular complexity index is 1020. The first-order valence-corrected chi connectivity index (χ1v) is 8.69. The van der Waals surface area contributed by atoms with Gasteiger partial charge in [0.05, 0.1) is 14.2 Å². The third-order valence-corrected chi connectivity index (χ3v) is 4.69. The van der Waals surface area contributed by atoms with Gasteiger partial charge < -0.3 is 18.9 Å². The molecule has 0 N–H and O–H groups in total. The van der Waals surface area contributed by atoms with Crippen molar-refractivity contribution in [3.8, 4) is 34.1 Å². The molecule has 3 aromatic rings. The van der Waals surface area contributed by atoms with Crippen LogP contribution in [0.2, 0.25) is 0 Å². The summed E-state index contributed by atoms with van der Waals surface area (Å²) in [5.41, 5.74) is 2.29. The zero-order valence-corrected chi connectivity index (χ0v) is 15.4. The van der Waals surface area contributed by atoms with Crippen LogP contribution in [0.5, 0.6) is 23.0 Å². The summed E-state index contributed by atoms with van der Waals surface area (Å²) in [4.78, 5) is 0. The van der Waals surface area contributed by atoms with E-state index >= 15 is 0 Å². The van der Waals surface area contributed by atoms with E-state index in [0.717, 1.165) is 11.3 Å². The Balaban J connectivity index is 1.61. The number of halogens is 2. The average Bonchev–Trinajstić information content (AvgIpc) is 2.74. The lowest BCUT2D eigenvalue weighted by atomic mass is 9.96. The molecule has 4 rings (SSSR count). The molecule has 0 unspecified atom stereocenters. The average molecular weight is 384 g/mol. The second kappa shape index (κ2) is 7.38. The van der Waals surface area contributed by atoms with Crippen LogP contribution in [0.25, 0.3) is 11.1 Å². The molecule has 144 valence electrons. The van der Waals surface area contributed by atoms with Gasteiger partial charge in [-0.15, -0.1) is 0 Å². The second-order valence-electron chi connectivity index (χ2n) is 6.29. The van der Waals surface area contributed by atoms with Gasteiger partial charge in [-0.1, -0.05) is 12.1 Å². The summed E-state index contributed by atoms with van der Waals surface area (Å²) in [7, 11) is 2.99. The Hall–Kier alpha value is -3.28. The van der Waals surface area contributed by atoms with Gasteiger partial charge in [0.25, 0.3) is 0 Å². The number of benzene rings is 3. The van der Waals surface area contributed by atoms with Crippen molar-refractivity contribution in [3.63, 3.8) is 0 Å². The molecular formula is C22H18F2O4. The van der Waals surface area contributed by atoms with Crippen molar-refractivity contribution < 1.29 is 27.7 Å². The van der Waals surface area contributed by atoms with E-state index in [4.69, 9.17) is 18.9 Å². The van der Waals surface area contributed by atoms with Crippen LogP contribution in [0.1, 0.15) is 11.1 Å². The fraction of sp³-hybridized carbons (Fsp3) is 0.182. The highest BCUT2D eigenvalue weighted by Gasteiger charge is 2.26. The topological polar surface area (TPSA) is 36.9 Å². The first-order chi connectivity index (χ1) is 13.6. The van der Waals surface area contributed by atoms with Crippen LogP contribution < -0.4 is 18.9 Å². The quantitative estimate of drug-likeness (QED) is 0.612. The third kappa shape index (κ3) is 3.11. The summed E-state index contributed by atoms with van der Waals surface area (Å²) in [5, 5.41) is 0. The molecule has 28 heavy (non-hydrogen) atoms. The molecule has 4 nitrogen and oxygen atoms in total. The van der Waals surface area contributed by atoms with Crippen LogP contribution in [0.4, 0.5) is 8.78 Å². The zero-order chi connectivity index (χ0) is 19.7. The van der Waals surface area contributed by atoms with Crippen LogP contribution in [-0.2, 0) is 13.2 Å². The van der Waals surface area contributed by atoms with E-state index in [0.29, 0.717) is 16.7 Å². The lowest BCUT2D eigenvalue weighted by Crippen LogP contribution is -2.11. The molecule has 1 aliphatic heterocycles. The van der Waals surface area contributed by atoms with Crippen molar-refractivity contribution in [2.75, 3.05) is 14.2 Å². The van der Waals surface area contributed by atoms with Crippen molar-refractivity contribution in [1.29, 1.82) is 0 Å². The molecule has 0 fully saturated rings. The molecule has 1 aliphatic rings. The minimum Gasteiger partial charge on any atom is -0.497 e. The molecule has 3 aromatic carbocycles. The number of ether oxygens (including phenoxy) is 4. The van der Waals surface area contributed by atoms with Gasteiger partial charge in [-0.05, 0) is 47.5 Å². The maximum absolute atomic E-state index is 14.9. The van der Waals surface area contributed by atoms with Crippen molar-refractivity contribution in [1.82, 2.24) is 0 Å². The first-order valence-electron chi connectivity index (χ1n) is 8.69. The van der Waals surface area contributed by atoms with Crippen LogP contribution >= 0.6 is 0 Å². The van der Waals surface area contributed by atoms with Crippen LogP contribution in [-0.4, -0.2) is 14.2 Å². The van der Waals surface area contributed by atoms with E-state index in [1.165, 1.54) is 19.2 Å². The van der Waals surface area contributed by atoms with Gasteiger partial charge in [0, 0.05) is 11.1 Å². The summed E-state index contributed by atoms with van der Waals surface area (Å²) < 4.78 is 50.6. The Morgan fingerprint density at radius 3 is 2.25 bits per heavy atom. The Morgan fingerprint density at radius 2 is 1.54 bits per heavy atom. The maximum Gasteiger partial charge on any atom is 0.207 e. The van der Waals surface area contributed by atoms with E-state index in [1.54, 1.807) is 19.2 Å². The molecule has 1 heterocycles. The molecule has 0 aliphatic carbocycles. The molecule has 0 saturated heterocycles. The van der Waals surface area contributed by atoms with E-state index in [-0.39, 0.29) is 30.5 Å². The monoisotopic (exact) mass is 384 g/mol. The van der Waals surface area contributed by atoms with E-state index in [1.807, 2.05) is 24.3 Å². The summed E-state index contributed by atoms with van der Waals surface area (Å²) in [6.07, 6.45) is 0. The predicted molar refractivity (Wildman–Crippen MR) is 100 cm³/mol. The van der Waals surface area contributed by atoms with Crippen molar-refractivity contribution in [2.45, 2.75) is 13.2 Å². The third-order valence-electron chi connectivity index (χ3n) is 4.69. The van der Waals surface area contributed by atoms with E-state index in [2.05, 4.69) is 0 Å². The van der Waals surface area contributed by atoms with Gasteiger partial charge in [-0.3, -0.25) is 0 Å². The fourth-order valence-corrected chi connectivity index (χ4v) is 3.18. The number of hydrogen-bond acceptors (Lipinski definition) is 4. The SMILES string of the molecule is COc1ccc(COc2ccc3c(c2F)OCc2c-3ccc(OC)c2F)cc1. The fourth-order valence-electron chi connectivity index (χ4n) is 3.18. The molecule has 0 radical (unpaired) electrons. The molecule has 0 aromatic heterocycles. The minimum atomic E-state index is -0.604. The molecule has 0 spiro atoms. The largest absolute Gasteiger partial charge is 0.497 e. The highest BCUT2D eigenvalue weighted by molar-refractivity contribution is 5.77. The van der Waals surface area contributed by atoms with E-state index in [9.17, 15) is 8.78 Å². The minimum absolute atomic E-state index is 0.0595. The molecule has 0 saturated carbocycles. The maximum atomic E-state index is 14.9. The Kier molecular flexibility index (Phi) is 4.77. The van der Waals surface area contributed by atoms with Crippen LogP contribution in [0.3, 0.4) is 0 Å². The summed E-state index contributed by atoms with van der Waals surface area (Å²) in [5.74, 6) is -0.0968. The normalized spacial score (nSPS) is 11.9. The summed E-state index contributed by atoms with van der Waals surface area (Å²) >= 11 is 0. The van der Waals surface area contributed by atoms with Crippen LogP contribution in [0.15, 0.2) is 48.5 Å². The number of fused-ring (bicyclic) bond motifs is 3. The number of methoxy groups -OCH3 is 2. The first kappa shape index (κ1) is 18.1. The summed E-state index contributed by atoms with van der Waals surface area (Å²) in [6.45, 7) is 0.117. The summed E-state index contributed by atoms with van der Waals surface area (Å²) in [6, 6.07) is 13.7. The van der Waals surface area contributed by atoms with Gasteiger partial charge in [-0.2, -0.15) is 4.39 Å². The van der Waals surface area contributed by atoms with Crippen molar-refractivity contribution >= 4 is 0 Å². The number of hydrogen-bond donors (Lipinski definition) is 0. The standard InChI is InChI=1S/C22H18F2O4/c1-25-14-5-3-13(4-6-14)11-27-19-10-8-16-15-7-9-18(26-2)20(23)17(15)12-28-22(16)21(19)24/h3-10H,11-12H2,1-2H3. The lowest BCUT2D eigenvalue weighted by Gasteiger charge is -2.23. The molecular weight excluding hydrogens is 366 g/mol. The Morgan fingerprint density at radius 1 is 0.821 bits per heavy atom. The van der Waals surface area contributed by atoms with Gasteiger partial charge in [0.2, 0.25) is 5.82 Å². The molecule has 6 heteroatoms. The molecule has 0 atom stereocenters. The Labute approximate surface area is 161 Å². The van der Waals surface area contributed by atoms with Gasteiger partial charge in [0.1, 0.15) is 19.0 Å². The lowest BCUT2D eigenvalue weighted by molar-refractivity contribution is 0.257. The van der Waals surface area contributed by atoms with Crippen LogP contribution in [0, 0.1) is 11.6 Å². The molecule has 0 amide bonds. The van der Waals surface area contributed by atoms with Gasteiger partial charge >= 0.3 is 0 Å². The molecule has 0 bridgehead atoms. The highest BCUT2D eigenvalue weighted by atomic mass is 19.1. The van der Waals surface area contributed by atoms with Gasteiger partial charge in [-0.25, -0.2) is 4.39 Å². The van der Waals surface area contributed by atoms with Gasteiger partial charge in [0.15, 0.2) is 23.1 Å². The number of rotatable bonds is 5. The van der Waals surface area contributed by atoms with E-state index < -0.39 is 11.6 Å². The smallest absolute Gasteiger partial charge is 0.207 e. The highest BCUT2D eigenvalue weighted by Crippen LogP contribution is 2.44. The van der Waals surface area contributed by atoms with Crippen molar-refractivity contribution in [3.05, 3.63) is 71.3 Å². The van der Waals surface area contributed by atoms with Crippen molar-refractivity contribution in [2.24, 2.45) is 0 Å². The second-order valence-corrected chi connectivity index (χ2v) is 6.29. The zero-order valence-electron chi connectivity index (χ0n) is 15.4.